The van der Waals surface area contributed by atoms with Gasteiger partial charge < -0.3 is 5.32 Å². The molecule has 0 saturated carbocycles. The molecule has 1 unspecified atom stereocenters. The van der Waals surface area contributed by atoms with Crippen molar-refractivity contribution < 1.29 is 4.39 Å². The Kier molecular flexibility index (Phi) is 3.31. The molecule has 16 heavy (non-hydrogen) atoms. The van der Waals surface area contributed by atoms with E-state index in [0.717, 1.165) is 0 Å². The van der Waals surface area contributed by atoms with Crippen LogP contribution in [0.1, 0.15) is 11.6 Å². The molecule has 0 fully saturated rings. The van der Waals surface area contributed by atoms with E-state index in [9.17, 15) is 4.39 Å². The number of nitrogens with zero attached hydrogens (tertiary/aromatic N) is 2. The van der Waals surface area contributed by atoms with Gasteiger partial charge in [-0.25, -0.2) is 4.39 Å². The van der Waals surface area contributed by atoms with Crippen molar-refractivity contribution in [3.8, 4) is 0 Å². The number of halogens is 1. The van der Waals surface area contributed by atoms with Crippen LogP contribution >= 0.6 is 0 Å². The molecular formula is C12H14FN3. The van der Waals surface area contributed by atoms with Crippen LogP contribution in [0.25, 0.3) is 0 Å². The average Bonchev–Trinajstić information content (AvgIpc) is 2.80. The van der Waals surface area contributed by atoms with E-state index in [2.05, 4.69) is 10.4 Å². The molecule has 1 aromatic heterocycles. The third-order valence-corrected chi connectivity index (χ3v) is 2.56. The molecule has 0 amide bonds. The van der Waals surface area contributed by atoms with Crippen molar-refractivity contribution >= 4 is 0 Å². The van der Waals surface area contributed by atoms with Gasteiger partial charge in [-0.3, -0.25) is 4.68 Å². The van der Waals surface area contributed by atoms with Gasteiger partial charge in [0.05, 0.1) is 12.6 Å². The van der Waals surface area contributed by atoms with Crippen molar-refractivity contribution in [3.05, 3.63) is 54.1 Å². The Morgan fingerprint density at radius 3 is 2.81 bits per heavy atom. The molecule has 1 atom stereocenters. The van der Waals surface area contributed by atoms with Crippen LogP contribution in [-0.2, 0) is 6.54 Å². The number of rotatable bonds is 4. The minimum absolute atomic E-state index is 0.0684. The van der Waals surface area contributed by atoms with E-state index in [1.54, 1.807) is 23.0 Å². The summed E-state index contributed by atoms with van der Waals surface area (Å²) in [6.07, 6.45) is 3.58. The van der Waals surface area contributed by atoms with E-state index >= 15 is 0 Å². The maximum Gasteiger partial charge on any atom is 0.128 e. The average molecular weight is 219 g/mol. The Morgan fingerprint density at radius 2 is 2.19 bits per heavy atom. The van der Waals surface area contributed by atoms with E-state index in [-0.39, 0.29) is 11.9 Å². The minimum Gasteiger partial charge on any atom is -0.311 e. The summed E-state index contributed by atoms with van der Waals surface area (Å²) in [7, 11) is 1.82. The van der Waals surface area contributed by atoms with Gasteiger partial charge in [0.25, 0.3) is 0 Å². The third-order valence-electron chi connectivity index (χ3n) is 2.56. The number of hydrogen-bond acceptors (Lipinski definition) is 2. The molecule has 1 heterocycles. The molecule has 4 heteroatoms. The predicted octanol–water partition coefficient (Wildman–Crippen LogP) is 1.98. The fourth-order valence-corrected chi connectivity index (χ4v) is 1.70. The normalized spacial score (nSPS) is 12.6. The van der Waals surface area contributed by atoms with Gasteiger partial charge in [-0.15, -0.1) is 0 Å². The first-order valence-electron chi connectivity index (χ1n) is 5.20. The summed E-state index contributed by atoms with van der Waals surface area (Å²) in [5.74, 6) is -0.186. The van der Waals surface area contributed by atoms with Gasteiger partial charge in [-0.1, -0.05) is 18.2 Å². The third kappa shape index (κ3) is 2.28. The molecule has 0 spiro atoms. The first-order valence-corrected chi connectivity index (χ1v) is 5.20. The summed E-state index contributed by atoms with van der Waals surface area (Å²) < 4.78 is 15.4. The van der Waals surface area contributed by atoms with E-state index < -0.39 is 0 Å². The van der Waals surface area contributed by atoms with E-state index in [1.807, 2.05) is 25.4 Å². The number of benzene rings is 1. The highest BCUT2D eigenvalue weighted by Crippen LogP contribution is 2.17. The van der Waals surface area contributed by atoms with Gasteiger partial charge in [0.1, 0.15) is 5.82 Å². The van der Waals surface area contributed by atoms with Crippen molar-refractivity contribution in [1.29, 1.82) is 0 Å². The molecule has 2 aromatic rings. The summed E-state index contributed by atoms with van der Waals surface area (Å²) in [4.78, 5) is 0. The maximum atomic E-state index is 13.6. The van der Waals surface area contributed by atoms with Crippen LogP contribution in [0.15, 0.2) is 42.7 Å². The van der Waals surface area contributed by atoms with Crippen LogP contribution in [0.4, 0.5) is 4.39 Å². The maximum absolute atomic E-state index is 13.6. The predicted molar refractivity (Wildman–Crippen MR) is 60.4 cm³/mol. The Labute approximate surface area is 93.9 Å². The first kappa shape index (κ1) is 10.8. The lowest BCUT2D eigenvalue weighted by molar-refractivity contribution is 0.449. The van der Waals surface area contributed by atoms with Crippen molar-refractivity contribution in [1.82, 2.24) is 15.1 Å². The standard InChI is InChI=1S/C12H14FN3/c1-14-12(9-16-8-4-7-15-16)10-5-2-3-6-11(10)13/h2-8,12,14H,9H2,1H3. The fraction of sp³-hybridized carbons (Fsp3) is 0.250. The molecule has 0 aliphatic heterocycles. The highest BCUT2D eigenvalue weighted by molar-refractivity contribution is 5.21. The topological polar surface area (TPSA) is 29.9 Å². The van der Waals surface area contributed by atoms with Gasteiger partial charge >= 0.3 is 0 Å². The van der Waals surface area contributed by atoms with Crippen molar-refractivity contribution in [2.75, 3.05) is 7.05 Å². The lowest BCUT2D eigenvalue weighted by Gasteiger charge is -2.17. The van der Waals surface area contributed by atoms with E-state index in [1.165, 1.54) is 6.07 Å². The molecule has 0 bridgehead atoms. The summed E-state index contributed by atoms with van der Waals surface area (Å²) in [6, 6.07) is 8.59. The molecule has 1 N–H and O–H groups in total. The van der Waals surface area contributed by atoms with Gasteiger partial charge in [-0.05, 0) is 19.2 Å². The molecule has 1 aromatic carbocycles. The zero-order valence-electron chi connectivity index (χ0n) is 9.10. The Hall–Kier alpha value is -1.68. The smallest absolute Gasteiger partial charge is 0.128 e. The van der Waals surface area contributed by atoms with Gasteiger partial charge in [0.15, 0.2) is 0 Å². The molecule has 84 valence electrons. The van der Waals surface area contributed by atoms with Crippen LogP contribution in [0.3, 0.4) is 0 Å². The largest absolute Gasteiger partial charge is 0.311 e. The van der Waals surface area contributed by atoms with Crippen LogP contribution in [0, 0.1) is 5.82 Å². The number of aromatic nitrogens is 2. The zero-order chi connectivity index (χ0) is 11.4. The van der Waals surface area contributed by atoms with Crippen molar-refractivity contribution in [2.24, 2.45) is 0 Å². The second-order valence-electron chi connectivity index (χ2n) is 3.59. The highest BCUT2D eigenvalue weighted by Gasteiger charge is 2.13. The van der Waals surface area contributed by atoms with Gasteiger partial charge in [-0.2, -0.15) is 5.10 Å². The quantitative estimate of drug-likeness (QED) is 0.852. The Morgan fingerprint density at radius 1 is 1.38 bits per heavy atom. The summed E-state index contributed by atoms with van der Waals surface area (Å²) in [5.41, 5.74) is 0.667. The number of likely N-dealkylation sites (N-methyl/N-ethyl adjacent to an activating group) is 1. The lowest BCUT2D eigenvalue weighted by atomic mass is 10.1. The van der Waals surface area contributed by atoms with E-state index in [0.29, 0.717) is 12.1 Å². The van der Waals surface area contributed by atoms with Gasteiger partial charge in [0, 0.05) is 18.0 Å². The van der Waals surface area contributed by atoms with Crippen LogP contribution in [0.5, 0.6) is 0 Å². The molecule has 0 saturated heterocycles. The van der Waals surface area contributed by atoms with Crippen LogP contribution in [-0.4, -0.2) is 16.8 Å². The molecular weight excluding hydrogens is 205 g/mol. The van der Waals surface area contributed by atoms with Crippen LogP contribution in [0.2, 0.25) is 0 Å². The number of hydrogen-bond donors (Lipinski definition) is 1. The molecule has 0 aliphatic rings. The van der Waals surface area contributed by atoms with Crippen LogP contribution < -0.4 is 5.32 Å². The second kappa shape index (κ2) is 4.90. The monoisotopic (exact) mass is 219 g/mol. The second-order valence-corrected chi connectivity index (χ2v) is 3.59. The summed E-state index contributed by atoms with van der Waals surface area (Å²) in [5, 5.41) is 7.21. The van der Waals surface area contributed by atoms with Gasteiger partial charge in [0.2, 0.25) is 0 Å². The Balaban J connectivity index is 2.20. The number of nitrogens with one attached hydrogen (secondary N) is 1. The Bertz CT molecular complexity index is 439. The van der Waals surface area contributed by atoms with Crippen molar-refractivity contribution in [2.45, 2.75) is 12.6 Å². The fourth-order valence-electron chi connectivity index (χ4n) is 1.70. The first-order chi connectivity index (χ1) is 7.81. The minimum atomic E-state index is -0.186. The summed E-state index contributed by atoms with van der Waals surface area (Å²) >= 11 is 0. The highest BCUT2D eigenvalue weighted by atomic mass is 19.1. The molecule has 0 radical (unpaired) electrons. The zero-order valence-corrected chi connectivity index (χ0v) is 9.10. The summed E-state index contributed by atoms with van der Waals surface area (Å²) in [6.45, 7) is 0.616. The van der Waals surface area contributed by atoms with Crippen molar-refractivity contribution in [3.63, 3.8) is 0 Å². The SMILES string of the molecule is CNC(Cn1cccn1)c1ccccc1F. The molecule has 0 aliphatic carbocycles. The lowest BCUT2D eigenvalue weighted by Crippen LogP contribution is -2.23. The van der Waals surface area contributed by atoms with E-state index in [4.69, 9.17) is 0 Å². The molecule has 2 rings (SSSR count). The molecule has 3 nitrogen and oxygen atoms in total.